The van der Waals surface area contributed by atoms with Crippen LogP contribution in [0.3, 0.4) is 0 Å². The number of benzene rings is 3. The molecule has 0 unspecified atom stereocenters. The van der Waals surface area contributed by atoms with Crippen molar-refractivity contribution in [2.45, 2.75) is 13.2 Å². The fourth-order valence-electron chi connectivity index (χ4n) is 3.45. The standard InChI is InChI=1S/C24H23NO3/c1-26-22-14-8-12-20(24(22)27-2)16-25-21-13-7-6-11-19(21)15-23(25)28-17-18-9-4-3-5-10-18/h3-15H,16-17H2,1-2H3. The number of fused-ring (bicyclic) bond motifs is 1. The molecule has 4 nitrogen and oxygen atoms in total. The van der Waals surface area contributed by atoms with Crippen molar-refractivity contribution in [3.05, 3.63) is 90.0 Å². The summed E-state index contributed by atoms with van der Waals surface area (Å²) in [7, 11) is 3.32. The largest absolute Gasteiger partial charge is 0.493 e. The van der Waals surface area contributed by atoms with Crippen LogP contribution < -0.4 is 14.2 Å². The van der Waals surface area contributed by atoms with E-state index in [-0.39, 0.29) is 0 Å². The topological polar surface area (TPSA) is 32.6 Å². The molecule has 0 saturated heterocycles. The first-order valence-corrected chi connectivity index (χ1v) is 9.25. The third-order valence-corrected chi connectivity index (χ3v) is 4.82. The zero-order valence-corrected chi connectivity index (χ0v) is 16.1. The van der Waals surface area contributed by atoms with Crippen LogP contribution >= 0.6 is 0 Å². The normalized spacial score (nSPS) is 10.8. The molecule has 142 valence electrons. The molecule has 0 aliphatic rings. The summed E-state index contributed by atoms with van der Waals surface area (Å²) < 4.78 is 19.4. The van der Waals surface area contributed by atoms with Gasteiger partial charge in [0.2, 0.25) is 0 Å². The van der Waals surface area contributed by atoms with E-state index in [1.807, 2.05) is 42.5 Å². The van der Waals surface area contributed by atoms with Gasteiger partial charge in [0, 0.05) is 17.0 Å². The van der Waals surface area contributed by atoms with Crippen molar-refractivity contribution >= 4 is 10.9 Å². The van der Waals surface area contributed by atoms with E-state index in [4.69, 9.17) is 14.2 Å². The Balaban J connectivity index is 1.71. The number of rotatable bonds is 7. The molecule has 0 saturated carbocycles. The average Bonchev–Trinajstić information content (AvgIpc) is 3.10. The number of para-hydroxylation sites is 2. The van der Waals surface area contributed by atoms with Crippen LogP contribution in [0.15, 0.2) is 78.9 Å². The summed E-state index contributed by atoms with van der Waals surface area (Å²) in [5, 5.41) is 1.15. The molecule has 0 fully saturated rings. The molecule has 1 heterocycles. The van der Waals surface area contributed by atoms with E-state index in [1.54, 1.807) is 14.2 Å². The summed E-state index contributed by atoms with van der Waals surface area (Å²) in [4.78, 5) is 0. The molecule has 4 rings (SSSR count). The van der Waals surface area contributed by atoms with E-state index < -0.39 is 0 Å². The first kappa shape index (κ1) is 18.0. The number of methoxy groups -OCH3 is 2. The zero-order valence-electron chi connectivity index (χ0n) is 16.1. The number of hydrogen-bond donors (Lipinski definition) is 0. The SMILES string of the molecule is COc1cccc(Cn2c(OCc3ccccc3)cc3ccccc32)c1OC. The molecule has 1 aromatic heterocycles. The average molecular weight is 373 g/mol. The van der Waals surface area contributed by atoms with Crippen LogP contribution in [0.2, 0.25) is 0 Å². The van der Waals surface area contributed by atoms with Crippen LogP contribution in [-0.2, 0) is 13.2 Å². The van der Waals surface area contributed by atoms with Gasteiger partial charge in [-0.2, -0.15) is 0 Å². The van der Waals surface area contributed by atoms with Crippen molar-refractivity contribution in [3.63, 3.8) is 0 Å². The Morgan fingerprint density at radius 2 is 1.57 bits per heavy atom. The molecule has 0 aliphatic carbocycles. The molecule has 3 aromatic carbocycles. The monoisotopic (exact) mass is 373 g/mol. The number of hydrogen-bond acceptors (Lipinski definition) is 3. The smallest absolute Gasteiger partial charge is 0.195 e. The fourth-order valence-corrected chi connectivity index (χ4v) is 3.45. The lowest BCUT2D eigenvalue weighted by atomic mass is 10.1. The summed E-state index contributed by atoms with van der Waals surface area (Å²) >= 11 is 0. The number of nitrogens with zero attached hydrogens (tertiary/aromatic N) is 1. The van der Waals surface area contributed by atoms with Gasteiger partial charge in [0.15, 0.2) is 17.4 Å². The molecule has 4 aromatic rings. The Hall–Kier alpha value is -3.40. The Morgan fingerprint density at radius 3 is 2.36 bits per heavy atom. The van der Waals surface area contributed by atoms with Gasteiger partial charge < -0.3 is 18.8 Å². The summed E-state index contributed by atoms with van der Waals surface area (Å²) in [5.41, 5.74) is 3.29. The maximum atomic E-state index is 6.20. The predicted molar refractivity (Wildman–Crippen MR) is 111 cm³/mol. The highest BCUT2D eigenvalue weighted by Gasteiger charge is 2.15. The molecule has 0 N–H and O–H groups in total. The molecular weight excluding hydrogens is 350 g/mol. The van der Waals surface area contributed by atoms with Crippen LogP contribution in [-0.4, -0.2) is 18.8 Å². The van der Waals surface area contributed by atoms with Crippen LogP contribution in [0.4, 0.5) is 0 Å². The molecule has 4 heteroatoms. The highest BCUT2D eigenvalue weighted by Crippen LogP contribution is 2.34. The van der Waals surface area contributed by atoms with E-state index in [2.05, 4.69) is 41.0 Å². The Labute approximate surface area is 164 Å². The first-order chi connectivity index (χ1) is 13.8. The Bertz CT molecular complexity index is 1070. The van der Waals surface area contributed by atoms with E-state index in [0.717, 1.165) is 39.4 Å². The van der Waals surface area contributed by atoms with Gasteiger partial charge in [-0.25, -0.2) is 0 Å². The quantitative estimate of drug-likeness (QED) is 0.441. The first-order valence-electron chi connectivity index (χ1n) is 9.25. The lowest BCUT2D eigenvalue weighted by molar-refractivity contribution is 0.282. The molecule has 28 heavy (non-hydrogen) atoms. The van der Waals surface area contributed by atoms with E-state index in [9.17, 15) is 0 Å². The molecular formula is C24H23NO3. The van der Waals surface area contributed by atoms with Gasteiger partial charge in [0.1, 0.15) is 6.61 Å². The lowest BCUT2D eigenvalue weighted by Crippen LogP contribution is -2.06. The van der Waals surface area contributed by atoms with Gasteiger partial charge in [-0.3, -0.25) is 0 Å². The minimum absolute atomic E-state index is 0.520. The summed E-state index contributed by atoms with van der Waals surface area (Å²) in [6, 6.07) is 26.5. The summed E-state index contributed by atoms with van der Waals surface area (Å²) in [5.74, 6) is 2.30. The van der Waals surface area contributed by atoms with Gasteiger partial charge in [-0.05, 0) is 17.7 Å². The van der Waals surface area contributed by atoms with Gasteiger partial charge in [0.25, 0.3) is 0 Å². The number of ether oxygens (including phenoxy) is 3. The van der Waals surface area contributed by atoms with E-state index in [0.29, 0.717) is 13.2 Å². The molecule has 0 bridgehead atoms. The summed E-state index contributed by atoms with van der Waals surface area (Å²) in [6.45, 7) is 1.14. The van der Waals surface area contributed by atoms with Crippen LogP contribution in [0.1, 0.15) is 11.1 Å². The van der Waals surface area contributed by atoms with Gasteiger partial charge in [-0.1, -0.05) is 60.7 Å². The second-order valence-corrected chi connectivity index (χ2v) is 6.55. The maximum absolute atomic E-state index is 6.20. The lowest BCUT2D eigenvalue weighted by Gasteiger charge is -2.16. The minimum Gasteiger partial charge on any atom is -0.493 e. The second kappa shape index (κ2) is 8.09. The fraction of sp³-hybridized carbons (Fsp3) is 0.167. The Morgan fingerprint density at radius 1 is 0.786 bits per heavy atom. The van der Waals surface area contributed by atoms with Crippen LogP contribution in [0, 0.1) is 0 Å². The van der Waals surface area contributed by atoms with Crippen molar-refractivity contribution in [1.82, 2.24) is 4.57 Å². The van der Waals surface area contributed by atoms with Gasteiger partial charge >= 0.3 is 0 Å². The van der Waals surface area contributed by atoms with Crippen molar-refractivity contribution < 1.29 is 14.2 Å². The second-order valence-electron chi connectivity index (χ2n) is 6.55. The third-order valence-electron chi connectivity index (χ3n) is 4.82. The van der Waals surface area contributed by atoms with E-state index >= 15 is 0 Å². The van der Waals surface area contributed by atoms with Crippen molar-refractivity contribution in [3.8, 4) is 17.4 Å². The molecule has 0 aliphatic heterocycles. The van der Waals surface area contributed by atoms with Crippen molar-refractivity contribution in [1.29, 1.82) is 0 Å². The molecule has 0 radical (unpaired) electrons. The number of aromatic nitrogens is 1. The predicted octanol–water partition coefficient (Wildman–Crippen LogP) is 5.29. The summed E-state index contributed by atoms with van der Waals surface area (Å²) in [6.07, 6.45) is 0. The minimum atomic E-state index is 0.520. The van der Waals surface area contributed by atoms with Gasteiger partial charge in [-0.15, -0.1) is 0 Å². The molecule has 0 spiro atoms. The van der Waals surface area contributed by atoms with Gasteiger partial charge in [0.05, 0.1) is 26.3 Å². The van der Waals surface area contributed by atoms with Crippen LogP contribution in [0.25, 0.3) is 10.9 Å². The Kier molecular flexibility index (Phi) is 5.20. The highest BCUT2D eigenvalue weighted by molar-refractivity contribution is 5.82. The van der Waals surface area contributed by atoms with Crippen molar-refractivity contribution in [2.24, 2.45) is 0 Å². The van der Waals surface area contributed by atoms with E-state index in [1.165, 1.54) is 0 Å². The van der Waals surface area contributed by atoms with Crippen LogP contribution in [0.5, 0.6) is 17.4 Å². The maximum Gasteiger partial charge on any atom is 0.195 e. The zero-order chi connectivity index (χ0) is 19.3. The molecule has 0 atom stereocenters. The molecule has 0 amide bonds. The third kappa shape index (κ3) is 3.54. The highest BCUT2D eigenvalue weighted by atomic mass is 16.5. The van der Waals surface area contributed by atoms with Crippen molar-refractivity contribution in [2.75, 3.05) is 14.2 Å².